The van der Waals surface area contributed by atoms with E-state index in [1.807, 2.05) is 43.3 Å². The highest BCUT2D eigenvalue weighted by molar-refractivity contribution is 6.31. The summed E-state index contributed by atoms with van der Waals surface area (Å²) in [6.45, 7) is 1.97. The van der Waals surface area contributed by atoms with E-state index in [1.54, 1.807) is 12.1 Å². The van der Waals surface area contributed by atoms with Crippen LogP contribution in [0, 0.1) is 6.92 Å². The molecule has 3 aromatic rings. The van der Waals surface area contributed by atoms with E-state index >= 15 is 0 Å². The number of Topliss-reactive ketones (excluding diaryl/α,β-unsaturated/α-hetero) is 1. The third-order valence-corrected chi connectivity index (χ3v) is 3.69. The number of hydrogen-bond donors (Lipinski definition) is 0. The molecule has 1 aromatic heterocycles. The van der Waals surface area contributed by atoms with Gasteiger partial charge in [0.25, 0.3) is 0 Å². The van der Waals surface area contributed by atoms with Crippen LogP contribution in [0.4, 0.5) is 0 Å². The second-order valence-electron chi connectivity index (χ2n) is 4.80. The first-order valence-corrected chi connectivity index (χ1v) is 6.79. The Labute approximate surface area is 122 Å². The first-order chi connectivity index (χ1) is 9.65. The van der Waals surface area contributed by atoms with Crippen LogP contribution in [0.25, 0.3) is 11.0 Å². The van der Waals surface area contributed by atoms with Crippen molar-refractivity contribution in [2.75, 3.05) is 0 Å². The Morgan fingerprint density at radius 3 is 2.70 bits per heavy atom. The standard InChI is InChI=1S/C17H13ClO2/c1-11-5-4-7-13-10-16(20-17(11)13)15(19)9-12-6-2-3-8-14(12)18/h2-8,10H,9H2,1H3. The van der Waals surface area contributed by atoms with E-state index in [0.29, 0.717) is 10.8 Å². The first-order valence-electron chi connectivity index (χ1n) is 6.41. The molecule has 0 N–H and O–H groups in total. The summed E-state index contributed by atoms with van der Waals surface area (Å²) in [5.74, 6) is 0.322. The van der Waals surface area contributed by atoms with Crippen molar-refractivity contribution in [3.63, 3.8) is 0 Å². The number of rotatable bonds is 3. The highest BCUT2D eigenvalue weighted by Gasteiger charge is 2.15. The smallest absolute Gasteiger partial charge is 0.202 e. The van der Waals surface area contributed by atoms with E-state index in [1.165, 1.54) is 0 Å². The van der Waals surface area contributed by atoms with Crippen LogP contribution in [-0.2, 0) is 6.42 Å². The Morgan fingerprint density at radius 1 is 1.15 bits per heavy atom. The topological polar surface area (TPSA) is 30.2 Å². The Morgan fingerprint density at radius 2 is 1.95 bits per heavy atom. The van der Waals surface area contributed by atoms with Crippen LogP contribution in [0.15, 0.2) is 52.9 Å². The van der Waals surface area contributed by atoms with Crippen LogP contribution in [0.3, 0.4) is 0 Å². The summed E-state index contributed by atoms with van der Waals surface area (Å²) in [4.78, 5) is 12.3. The number of furan rings is 1. The number of carbonyl (C=O) groups excluding carboxylic acids is 1. The SMILES string of the molecule is Cc1cccc2cc(C(=O)Cc3ccccc3Cl)oc12. The van der Waals surface area contributed by atoms with Crippen LogP contribution >= 0.6 is 11.6 Å². The number of para-hydroxylation sites is 1. The molecule has 0 amide bonds. The molecule has 3 rings (SSSR count). The molecular formula is C17H13ClO2. The van der Waals surface area contributed by atoms with Gasteiger partial charge in [-0.05, 0) is 30.2 Å². The van der Waals surface area contributed by atoms with Crippen molar-refractivity contribution in [3.05, 3.63) is 70.4 Å². The molecule has 0 saturated heterocycles. The average molecular weight is 285 g/mol. The van der Waals surface area contributed by atoms with E-state index < -0.39 is 0 Å². The molecule has 0 bridgehead atoms. The van der Waals surface area contributed by atoms with Crippen molar-refractivity contribution >= 4 is 28.4 Å². The largest absolute Gasteiger partial charge is 0.453 e. The monoisotopic (exact) mass is 284 g/mol. The molecule has 100 valence electrons. The Kier molecular flexibility index (Phi) is 3.33. The minimum absolute atomic E-state index is 0.0614. The summed E-state index contributed by atoms with van der Waals surface area (Å²) in [7, 11) is 0. The fraction of sp³-hybridized carbons (Fsp3) is 0.118. The maximum absolute atomic E-state index is 12.3. The molecule has 0 spiro atoms. The van der Waals surface area contributed by atoms with Crippen molar-refractivity contribution in [2.45, 2.75) is 13.3 Å². The molecule has 0 saturated carbocycles. The van der Waals surface area contributed by atoms with Crippen LogP contribution in [0.5, 0.6) is 0 Å². The number of aryl methyl sites for hydroxylation is 1. The minimum Gasteiger partial charge on any atom is -0.453 e. The number of fused-ring (bicyclic) bond motifs is 1. The summed E-state index contributed by atoms with van der Waals surface area (Å²) >= 11 is 6.08. The molecule has 2 aromatic carbocycles. The van der Waals surface area contributed by atoms with E-state index in [4.69, 9.17) is 16.0 Å². The number of hydrogen-bond acceptors (Lipinski definition) is 2. The fourth-order valence-electron chi connectivity index (χ4n) is 2.25. The molecule has 0 aliphatic rings. The predicted octanol–water partition coefficient (Wildman–Crippen LogP) is 4.82. The molecule has 0 unspecified atom stereocenters. The lowest BCUT2D eigenvalue weighted by Crippen LogP contribution is -2.02. The summed E-state index contributed by atoms with van der Waals surface area (Å²) in [5, 5.41) is 1.56. The van der Waals surface area contributed by atoms with Crippen molar-refractivity contribution in [1.82, 2.24) is 0 Å². The number of halogens is 1. The van der Waals surface area contributed by atoms with Gasteiger partial charge in [0.15, 0.2) is 5.76 Å². The lowest BCUT2D eigenvalue weighted by molar-refractivity contribution is 0.0968. The van der Waals surface area contributed by atoms with Crippen molar-refractivity contribution in [1.29, 1.82) is 0 Å². The molecular weight excluding hydrogens is 272 g/mol. The Balaban J connectivity index is 1.93. The van der Waals surface area contributed by atoms with Crippen molar-refractivity contribution < 1.29 is 9.21 Å². The molecule has 0 radical (unpaired) electrons. The zero-order chi connectivity index (χ0) is 14.1. The van der Waals surface area contributed by atoms with Crippen LogP contribution < -0.4 is 0 Å². The average Bonchev–Trinajstić information content (AvgIpc) is 2.87. The normalized spacial score (nSPS) is 10.9. The van der Waals surface area contributed by atoms with Gasteiger partial charge in [-0.25, -0.2) is 0 Å². The second-order valence-corrected chi connectivity index (χ2v) is 5.20. The van der Waals surface area contributed by atoms with Gasteiger partial charge >= 0.3 is 0 Å². The molecule has 1 heterocycles. The van der Waals surface area contributed by atoms with E-state index in [0.717, 1.165) is 22.1 Å². The maximum atomic E-state index is 12.3. The van der Waals surface area contributed by atoms with Gasteiger partial charge in [-0.15, -0.1) is 0 Å². The van der Waals surface area contributed by atoms with Gasteiger partial charge in [-0.3, -0.25) is 4.79 Å². The highest BCUT2D eigenvalue weighted by Crippen LogP contribution is 2.24. The van der Waals surface area contributed by atoms with Gasteiger partial charge in [0.2, 0.25) is 5.78 Å². The molecule has 0 atom stereocenters. The summed E-state index contributed by atoms with van der Waals surface area (Å²) < 4.78 is 5.68. The second kappa shape index (κ2) is 5.14. The molecule has 3 heteroatoms. The fourth-order valence-corrected chi connectivity index (χ4v) is 2.45. The molecule has 0 aliphatic carbocycles. The van der Waals surface area contributed by atoms with E-state index in [9.17, 15) is 4.79 Å². The summed E-state index contributed by atoms with van der Waals surface area (Å²) in [6.07, 6.45) is 0.249. The molecule has 0 aliphatic heterocycles. The van der Waals surface area contributed by atoms with Gasteiger partial charge in [-0.2, -0.15) is 0 Å². The molecule has 2 nitrogen and oxygen atoms in total. The van der Waals surface area contributed by atoms with Crippen LogP contribution in [0.1, 0.15) is 21.7 Å². The Bertz CT molecular complexity index is 787. The van der Waals surface area contributed by atoms with Crippen molar-refractivity contribution in [3.8, 4) is 0 Å². The van der Waals surface area contributed by atoms with Crippen LogP contribution in [0.2, 0.25) is 5.02 Å². The van der Waals surface area contributed by atoms with E-state index in [-0.39, 0.29) is 12.2 Å². The number of carbonyl (C=O) groups is 1. The van der Waals surface area contributed by atoms with Gasteiger partial charge in [-0.1, -0.05) is 48.0 Å². The third kappa shape index (κ3) is 2.35. The lowest BCUT2D eigenvalue weighted by Gasteiger charge is -2.01. The summed E-state index contributed by atoms with van der Waals surface area (Å²) in [5.41, 5.74) is 2.62. The van der Waals surface area contributed by atoms with Crippen LogP contribution in [-0.4, -0.2) is 5.78 Å². The third-order valence-electron chi connectivity index (χ3n) is 3.32. The molecule has 20 heavy (non-hydrogen) atoms. The zero-order valence-corrected chi connectivity index (χ0v) is 11.8. The molecule has 0 fully saturated rings. The highest BCUT2D eigenvalue weighted by atomic mass is 35.5. The maximum Gasteiger partial charge on any atom is 0.202 e. The summed E-state index contributed by atoms with van der Waals surface area (Å²) in [6, 6.07) is 15.0. The van der Waals surface area contributed by atoms with Gasteiger partial charge in [0.1, 0.15) is 5.58 Å². The predicted molar refractivity (Wildman–Crippen MR) is 80.4 cm³/mol. The number of ketones is 1. The lowest BCUT2D eigenvalue weighted by atomic mass is 10.1. The van der Waals surface area contributed by atoms with E-state index in [2.05, 4.69) is 0 Å². The quantitative estimate of drug-likeness (QED) is 0.646. The first kappa shape index (κ1) is 12.9. The zero-order valence-electron chi connectivity index (χ0n) is 11.0. The number of benzene rings is 2. The van der Waals surface area contributed by atoms with Gasteiger partial charge in [0.05, 0.1) is 0 Å². The van der Waals surface area contributed by atoms with Gasteiger partial charge < -0.3 is 4.42 Å². The Hall–Kier alpha value is -2.06. The van der Waals surface area contributed by atoms with Crippen molar-refractivity contribution in [2.24, 2.45) is 0 Å². The van der Waals surface area contributed by atoms with Gasteiger partial charge in [0, 0.05) is 16.8 Å². The minimum atomic E-state index is -0.0614.